The van der Waals surface area contributed by atoms with E-state index in [9.17, 15) is 9.59 Å². The first-order valence-electron chi connectivity index (χ1n) is 10.1. The van der Waals surface area contributed by atoms with Gasteiger partial charge in [-0.2, -0.15) is 0 Å². The zero-order valence-corrected chi connectivity index (χ0v) is 16.9. The third-order valence-electron chi connectivity index (χ3n) is 5.23. The molecule has 3 aromatic carbocycles. The van der Waals surface area contributed by atoms with Gasteiger partial charge in [-0.3, -0.25) is 9.59 Å². The van der Waals surface area contributed by atoms with Crippen LogP contribution in [0.5, 0.6) is 5.75 Å². The number of benzene rings is 3. The van der Waals surface area contributed by atoms with Crippen LogP contribution < -0.4 is 15.0 Å². The van der Waals surface area contributed by atoms with E-state index in [1.54, 1.807) is 36.1 Å². The van der Waals surface area contributed by atoms with E-state index in [4.69, 9.17) is 4.74 Å². The van der Waals surface area contributed by atoms with E-state index < -0.39 is 6.10 Å². The minimum absolute atomic E-state index is 0.112. The number of carbonyl (C=O) groups is 2. The van der Waals surface area contributed by atoms with Crippen molar-refractivity contribution in [2.75, 3.05) is 11.4 Å². The minimum atomic E-state index is -0.709. The number of nitrogens with one attached hydrogen (secondary N) is 1. The lowest BCUT2D eigenvalue weighted by atomic mass is 10.1. The molecule has 0 aromatic heterocycles. The summed E-state index contributed by atoms with van der Waals surface area (Å²) in [6, 6.07) is 24.6. The molecule has 2 amide bonds. The van der Waals surface area contributed by atoms with Crippen molar-refractivity contribution in [3.8, 4) is 5.75 Å². The highest BCUT2D eigenvalue weighted by Gasteiger charge is 2.29. The van der Waals surface area contributed by atoms with E-state index in [0.29, 0.717) is 24.4 Å². The number of nitrogens with zero attached hydrogens (tertiary/aromatic N) is 1. The van der Waals surface area contributed by atoms with Gasteiger partial charge >= 0.3 is 0 Å². The van der Waals surface area contributed by atoms with E-state index in [-0.39, 0.29) is 11.8 Å². The van der Waals surface area contributed by atoms with Crippen LogP contribution in [-0.2, 0) is 17.8 Å². The lowest BCUT2D eigenvalue weighted by molar-refractivity contribution is -0.124. The fourth-order valence-corrected chi connectivity index (χ4v) is 3.66. The van der Waals surface area contributed by atoms with E-state index >= 15 is 0 Å². The first-order chi connectivity index (χ1) is 14.6. The number of amides is 2. The Balaban J connectivity index is 1.45. The van der Waals surface area contributed by atoms with Crippen LogP contribution in [0.25, 0.3) is 0 Å². The number of carbonyl (C=O) groups excluding carboxylic acids is 2. The summed E-state index contributed by atoms with van der Waals surface area (Å²) in [6.45, 7) is 2.79. The Morgan fingerprint density at radius 1 is 0.967 bits per heavy atom. The van der Waals surface area contributed by atoms with Gasteiger partial charge in [-0.25, -0.2) is 0 Å². The van der Waals surface area contributed by atoms with Crippen LogP contribution >= 0.6 is 0 Å². The van der Waals surface area contributed by atoms with Gasteiger partial charge in [0.15, 0.2) is 6.10 Å². The van der Waals surface area contributed by atoms with Gasteiger partial charge in [0.05, 0.1) is 5.56 Å². The maximum atomic E-state index is 13.0. The van der Waals surface area contributed by atoms with Crippen LogP contribution in [-0.4, -0.2) is 24.5 Å². The second kappa shape index (κ2) is 8.82. The molecule has 0 fully saturated rings. The zero-order valence-electron chi connectivity index (χ0n) is 16.9. The molecule has 0 radical (unpaired) electrons. The molecule has 0 aliphatic carbocycles. The number of anilines is 1. The number of para-hydroxylation sites is 2. The molecule has 4 rings (SSSR count). The van der Waals surface area contributed by atoms with E-state index in [0.717, 1.165) is 17.7 Å². The van der Waals surface area contributed by atoms with Gasteiger partial charge in [-0.05, 0) is 42.7 Å². The summed E-state index contributed by atoms with van der Waals surface area (Å²) >= 11 is 0. The summed E-state index contributed by atoms with van der Waals surface area (Å²) in [7, 11) is 0. The number of hydrogen-bond donors (Lipinski definition) is 1. The fourth-order valence-electron chi connectivity index (χ4n) is 3.66. The zero-order chi connectivity index (χ0) is 20.9. The molecular weight excluding hydrogens is 376 g/mol. The van der Waals surface area contributed by atoms with Gasteiger partial charge in [0.25, 0.3) is 11.8 Å². The average molecular weight is 400 g/mol. The molecule has 1 aliphatic rings. The van der Waals surface area contributed by atoms with Crippen LogP contribution in [0.1, 0.15) is 28.4 Å². The van der Waals surface area contributed by atoms with Crippen LogP contribution in [0, 0.1) is 0 Å². The van der Waals surface area contributed by atoms with Crippen molar-refractivity contribution in [1.29, 1.82) is 0 Å². The van der Waals surface area contributed by atoms with Crippen molar-refractivity contribution in [1.82, 2.24) is 5.32 Å². The summed E-state index contributed by atoms with van der Waals surface area (Å²) in [4.78, 5) is 27.5. The predicted octanol–water partition coefficient (Wildman–Crippen LogP) is 3.97. The van der Waals surface area contributed by atoms with Crippen molar-refractivity contribution >= 4 is 17.5 Å². The Labute approximate surface area is 176 Å². The molecule has 30 heavy (non-hydrogen) atoms. The second-order valence-corrected chi connectivity index (χ2v) is 7.29. The molecule has 3 aromatic rings. The summed E-state index contributed by atoms with van der Waals surface area (Å²) in [5.41, 5.74) is 3.53. The monoisotopic (exact) mass is 400 g/mol. The Morgan fingerprint density at radius 2 is 1.67 bits per heavy atom. The largest absolute Gasteiger partial charge is 0.480 e. The van der Waals surface area contributed by atoms with Crippen LogP contribution in [0.15, 0.2) is 78.9 Å². The molecule has 1 atom stereocenters. The van der Waals surface area contributed by atoms with Gasteiger partial charge in [-0.15, -0.1) is 0 Å². The molecule has 0 saturated heterocycles. The third-order valence-corrected chi connectivity index (χ3v) is 5.23. The highest BCUT2D eigenvalue weighted by Crippen LogP contribution is 2.29. The number of hydrogen-bond acceptors (Lipinski definition) is 3. The van der Waals surface area contributed by atoms with Gasteiger partial charge in [0.1, 0.15) is 5.75 Å². The molecule has 152 valence electrons. The van der Waals surface area contributed by atoms with Crippen molar-refractivity contribution in [3.05, 3.63) is 95.6 Å². The number of fused-ring (bicyclic) bond motifs is 1. The first-order valence-corrected chi connectivity index (χ1v) is 10.1. The molecule has 0 unspecified atom stereocenters. The summed E-state index contributed by atoms with van der Waals surface area (Å²) < 4.78 is 5.96. The maximum Gasteiger partial charge on any atom is 0.267 e. The smallest absolute Gasteiger partial charge is 0.267 e. The standard InChI is InChI=1S/C25H24N2O3/c1-18(25(29)27-16-15-20-11-5-7-13-22(20)27)30-23-14-8-6-12-21(23)24(28)26-17-19-9-3-2-4-10-19/h2-14,18H,15-17H2,1H3,(H,26,28)/t18-/m1/s1. The quantitative estimate of drug-likeness (QED) is 0.681. The lowest BCUT2D eigenvalue weighted by Crippen LogP contribution is -2.39. The SMILES string of the molecule is C[C@@H](Oc1ccccc1C(=O)NCc1ccccc1)C(=O)N1CCc2ccccc21. The molecule has 0 bridgehead atoms. The van der Waals surface area contributed by atoms with Crippen molar-refractivity contribution < 1.29 is 14.3 Å². The molecular formula is C25H24N2O3. The maximum absolute atomic E-state index is 13.0. The molecule has 5 nitrogen and oxygen atoms in total. The molecule has 5 heteroatoms. The summed E-state index contributed by atoms with van der Waals surface area (Å²) in [6.07, 6.45) is 0.131. The highest BCUT2D eigenvalue weighted by atomic mass is 16.5. The van der Waals surface area contributed by atoms with Crippen LogP contribution in [0.3, 0.4) is 0 Å². The molecule has 1 N–H and O–H groups in total. The van der Waals surface area contributed by atoms with E-state index in [1.807, 2.05) is 54.6 Å². The average Bonchev–Trinajstić information content (AvgIpc) is 3.22. The topological polar surface area (TPSA) is 58.6 Å². The second-order valence-electron chi connectivity index (χ2n) is 7.29. The Hall–Kier alpha value is -3.60. The highest BCUT2D eigenvalue weighted by molar-refractivity contribution is 5.99. The van der Waals surface area contributed by atoms with Gasteiger partial charge < -0.3 is 15.0 Å². The van der Waals surface area contributed by atoms with Crippen LogP contribution in [0.4, 0.5) is 5.69 Å². The Bertz CT molecular complexity index is 1050. The number of ether oxygens (including phenoxy) is 1. The molecule has 0 spiro atoms. The summed E-state index contributed by atoms with van der Waals surface area (Å²) in [5, 5.41) is 2.91. The van der Waals surface area contributed by atoms with Gasteiger partial charge in [0.2, 0.25) is 0 Å². The predicted molar refractivity (Wildman–Crippen MR) is 117 cm³/mol. The lowest BCUT2D eigenvalue weighted by Gasteiger charge is -2.23. The van der Waals surface area contributed by atoms with Gasteiger partial charge in [-0.1, -0.05) is 60.7 Å². The molecule has 1 aliphatic heterocycles. The van der Waals surface area contributed by atoms with Crippen LogP contribution in [0.2, 0.25) is 0 Å². The van der Waals surface area contributed by atoms with Crippen molar-refractivity contribution in [3.63, 3.8) is 0 Å². The van der Waals surface area contributed by atoms with E-state index in [1.165, 1.54) is 5.56 Å². The number of rotatable bonds is 6. The van der Waals surface area contributed by atoms with Crippen molar-refractivity contribution in [2.24, 2.45) is 0 Å². The minimum Gasteiger partial charge on any atom is -0.480 e. The summed E-state index contributed by atoms with van der Waals surface area (Å²) in [5.74, 6) is 0.0523. The normalized spacial score (nSPS) is 13.4. The Morgan fingerprint density at radius 3 is 2.50 bits per heavy atom. The third kappa shape index (κ3) is 4.20. The van der Waals surface area contributed by atoms with Crippen molar-refractivity contribution in [2.45, 2.75) is 26.0 Å². The first kappa shape index (κ1) is 19.7. The van der Waals surface area contributed by atoms with Gasteiger partial charge in [0, 0.05) is 18.8 Å². The van der Waals surface area contributed by atoms with E-state index in [2.05, 4.69) is 5.32 Å². The fraction of sp³-hybridized carbons (Fsp3) is 0.200. The molecule has 1 heterocycles. The Kier molecular flexibility index (Phi) is 5.80. The molecule has 0 saturated carbocycles.